The summed E-state index contributed by atoms with van der Waals surface area (Å²) in [4.78, 5) is 0. The van der Waals surface area contributed by atoms with Gasteiger partial charge in [0.1, 0.15) is 16.1 Å². The third kappa shape index (κ3) is 4.14. The third-order valence-corrected chi connectivity index (χ3v) is 28.9. The van der Waals surface area contributed by atoms with E-state index in [2.05, 4.69) is 154 Å². The molecule has 0 nitrogen and oxygen atoms in total. The number of thiophene rings is 2. The first kappa shape index (κ1) is 30.0. The monoisotopic (exact) mass is 602 g/mol. The van der Waals surface area contributed by atoms with Crippen molar-refractivity contribution in [2.75, 3.05) is 0 Å². The lowest BCUT2D eigenvalue weighted by Gasteiger charge is -2.42. The van der Waals surface area contributed by atoms with Gasteiger partial charge in [0.15, 0.2) is 0 Å². The lowest BCUT2D eigenvalue weighted by Crippen LogP contribution is -2.54. The van der Waals surface area contributed by atoms with Crippen LogP contribution in [0.4, 0.5) is 0 Å². The van der Waals surface area contributed by atoms with Crippen molar-refractivity contribution in [2.45, 2.75) is 116 Å². The second-order valence-electron chi connectivity index (χ2n) is 14.2. The number of rotatable bonds is 8. The van der Waals surface area contributed by atoms with Crippen LogP contribution in [0.1, 0.15) is 83.1 Å². The first-order valence-electron chi connectivity index (χ1n) is 15.6. The average molecular weight is 603 g/mol. The molecule has 0 aliphatic rings. The van der Waals surface area contributed by atoms with Gasteiger partial charge in [-0.1, -0.05) is 119 Å². The third-order valence-electron chi connectivity index (χ3n) is 10.7. The van der Waals surface area contributed by atoms with E-state index < -0.39 is 16.1 Å². The van der Waals surface area contributed by atoms with Gasteiger partial charge in [0.05, 0.1) is 0 Å². The molecule has 2 aromatic heterocycles. The van der Waals surface area contributed by atoms with Gasteiger partial charge in [-0.15, -0.1) is 22.7 Å². The highest BCUT2D eigenvalue weighted by Crippen LogP contribution is 2.46. The molecule has 0 spiro atoms. The topological polar surface area (TPSA) is 0 Å². The molecule has 0 fully saturated rings. The van der Waals surface area contributed by atoms with Gasteiger partial charge in [-0.3, -0.25) is 0 Å². The molecule has 0 bridgehead atoms. The number of hydrogen-bond donors (Lipinski definition) is 0. The van der Waals surface area contributed by atoms with Gasteiger partial charge >= 0.3 is 0 Å². The molecule has 0 unspecified atom stereocenters. The van der Waals surface area contributed by atoms with E-state index in [-0.39, 0.29) is 0 Å². The van der Waals surface area contributed by atoms with Crippen molar-refractivity contribution in [3.05, 3.63) is 48.5 Å². The minimum absolute atomic E-state index is 0.729. The van der Waals surface area contributed by atoms with Gasteiger partial charge in [0, 0.05) is 20.2 Å². The maximum Gasteiger partial charge on any atom is 0.107 e. The zero-order valence-electron chi connectivity index (χ0n) is 26.9. The summed E-state index contributed by atoms with van der Waals surface area (Å²) < 4.78 is 6.38. The molecule has 3 aromatic carbocycles. The molecule has 0 radical (unpaired) electrons. The van der Waals surface area contributed by atoms with Crippen LogP contribution in [0, 0.1) is 0 Å². The number of benzene rings is 3. The van der Waals surface area contributed by atoms with Gasteiger partial charge in [-0.25, -0.2) is 0 Å². The molecule has 0 aliphatic carbocycles. The minimum atomic E-state index is -1.68. The van der Waals surface area contributed by atoms with Gasteiger partial charge in [0.2, 0.25) is 0 Å². The van der Waals surface area contributed by atoms with E-state index in [1.807, 2.05) is 0 Å². The average Bonchev–Trinajstić information content (AvgIpc) is 3.47. The fraction of sp³-hybridized carbons (Fsp3) is 0.500. The van der Waals surface area contributed by atoms with E-state index in [1.165, 1.54) is 41.7 Å². The highest BCUT2D eigenvalue weighted by atomic mass is 32.1. The van der Waals surface area contributed by atoms with E-state index >= 15 is 0 Å². The molecule has 4 heteroatoms. The summed E-state index contributed by atoms with van der Waals surface area (Å²) >= 11 is 4.24. The highest BCUT2D eigenvalue weighted by Gasteiger charge is 2.46. The predicted molar refractivity (Wildman–Crippen MR) is 194 cm³/mol. The Morgan fingerprint density at radius 3 is 0.950 bits per heavy atom. The SMILES string of the molecule is CC(C)[Si](c1cc2ccc3c4ccc5cc([Si](C(C)C)(C(C)C)C(C)C)sc5c4ccc3c2s1)(C(C)C)C(C)C. The lowest BCUT2D eigenvalue weighted by atomic mass is 10.00. The second-order valence-corrected chi connectivity index (χ2v) is 28.8. The first-order valence-corrected chi connectivity index (χ1v) is 21.7. The van der Waals surface area contributed by atoms with Crippen molar-refractivity contribution in [3.63, 3.8) is 0 Å². The molecule has 2 heterocycles. The first-order chi connectivity index (χ1) is 18.8. The Labute approximate surface area is 253 Å². The molecule has 5 aromatic rings. The summed E-state index contributed by atoms with van der Waals surface area (Å²) in [6.07, 6.45) is 0. The van der Waals surface area contributed by atoms with E-state index in [4.69, 9.17) is 0 Å². The molecule has 0 saturated carbocycles. The second kappa shape index (κ2) is 10.7. The Bertz CT molecular complexity index is 1510. The summed E-state index contributed by atoms with van der Waals surface area (Å²) in [7, 11) is -3.37. The van der Waals surface area contributed by atoms with Crippen LogP contribution in [0.3, 0.4) is 0 Å². The summed E-state index contributed by atoms with van der Waals surface area (Å²) in [5.74, 6) is 0. The van der Waals surface area contributed by atoms with Gasteiger partial charge in [-0.2, -0.15) is 0 Å². The van der Waals surface area contributed by atoms with Crippen LogP contribution < -0.4 is 9.00 Å². The van der Waals surface area contributed by atoms with Crippen molar-refractivity contribution in [3.8, 4) is 0 Å². The molecule has 214 valence electrons. The number of fused-ring (bicyclic) bond motifs is 7. The minimum Gasteiger partial charge on any atom is -0.144 e. The van der Waals surface area contributed by atoms with Crippen LogP contribution in [-0.2, 0) is 0 Å². The van der Waals surface area contributed by atoms with Crippen molar-refractivity contribution < 1.29 is 0 Å². The normalized spacial score (nSPS) is 13.8. The highest BCUT2D eigenvalue weighted by molar-refractivity contribution is 7.33. The fourth-order valence-electron chi connectivity index (χ4n) is 9.35. The van der Waals surface area contributed by atoms with Crippen molar-refractivity contribution in [2.24, 2.45) is 0 Å². The van der Waals surface area contributed by atoms with Crippen molar-refractivity contribution in [1.29, 1.82) is 0 Å². The van der Waals surface area contributed by atoms with Crippen LogP contribution >= 0.6 is 22.7 Å². The Morgan fingerprint density at radius 2 is 0.675 bits per heavy atom. The Hall–Kier alpha value is -1.47. The maximum absolute atomic E-state index is 2.58. The molecule has 0 atom stereocenters. The van der Waals surface area contributed by atoms with Gasteiger partial charge < -0.3 is 0 Å². The summed E-state index contributed by atoms with van der Waals surface area (Å²) in [6.45, 7) is 29.8. The van der Waals surface area contributed by atoms with Crippen LogP contribution in [0.5, 0.6) is 0 Å². The smallest absolute Gasteiger partial charge is 0.107 e. The van der Waals surface area contributed by atoms with Gasteiger partial charge in [0.25, 0.3) is 0 Å². The molecular weight excluding hydrogens is 553 g/mol. The fourth-order valence-corrected chi connectivity index (χ4v) is 29.7. The van der Waals surface area contributed by atoms with Crippen LogP contribution in [0.15, 0.2) is 48.5 Å². The zero-order chi connectivity index (χ0) is 29.3. The predicted octanol–water partition coefficient (Wildman–Crippen LogP) is 12.2. The largest absolute Gasteiger partial charge is 0.144 e. The molecular formula is C36H50S2Si2. The maximum atomic E-state index is 2.58. The molecule has 0 saturated heterocycles. The van der Waals surface area contributed by atoms with E-state index in [0.717, 1.165) is 33.2 Å². The van der Waals surface area contributed by atoms with Crippen molar-refractivity contribution in [1.82, 2.24) is 0 Å². The van der Waals surface area contributed by atoms with Crippen LogP contribution in [0.2, 0.25) is 33.2 Å². The lowest BCUT2D eigenvalue weighted by molar-refractivity contribution is 0.837. The molecule has 0 N–H and O–H groups in total. The molecule has 40 heavy (non-hydrogen) atoms. The van der Waals surface area contributed by atoms with Crippen LogP contribution in [-0.4, -0.2) is 16.1 Å². The van der Waals surface area contributed by atoms with E-state index in [0.29, 0.717) is 0 Å². The standard InChI is InChI=1S/C36H50S2Si2/c1-21(2)39(22(3)4,23(5)6)33-19-27-13-15-29-30-16-14-28-20-34(40(24(7)8,25(9)10)26(11)12)38-36(28)32(30)18-17-31(29)35(27)37-33/h13-26H,1-12H3. The van der Waals surface area contributed by atoms with E-state index in [9.17, 15) is 0 Å². The summed E-state index contributed by atoms with van der Waals surface area (Å²) in [6, 6.07) is 19.7. The Balaban J connectivity index is 1.76. The quantitative estimate of drug-likeness (QED) is 0.122. The summed E-state index contributed by atoms with van der Waals surface area (Å²) in [5.41, 5.74) is 4.37. The molecule has 5 rings (SSSR count). The Kier molecular flexibility index (Phi) is 8.00. The molecule has 0 amide bonds. The zero-order valence-corrected chi connectivity index (χ0v) is 30.5. The van der Waals surface area contributed by atoms with Gasteiger partial charge in [-0.05, 0) is 75.9 Å². The van der Waals surface area contributed by atoms with Crippen LogP contribution in [0.25, 0.3) is 41.7 Å². The molecule has 0 aliphatic heterocycles. The number of hydrogen-bond acceptors (Lipinski definition) is 2. The Morgan fingerprint density at radius 1 is 0.400 bits per heavy atom. The summed E-state index contributed by atoms with van der Waals surface area (Å²) in [5, 5.41) is 8.58. The van der Waals surface area contributed by atoms with Crippen molar-refractivity contribution >= 4 is 89.5 Å². The van der Waals surface area contributed by atoms with E-state index in [1.54, 1.807) is 9.00 Å².